The number of rotatable bonds is 5. The van der Waals surface area contributed by atoms with E-state index in [2.05, 4.69) is 23.3 Å². The van der Waals surface area contributed by atoms with Crippen molar-refractivity contribution in [3.8, 4) is 0 Å². The third-order valence-corrected chi connectivity index (χ3v) is 1.37. The molecule has 74 valence electrons. The van der Waals surface area contributed by atoms with Gasteiger partial charge in [0.05, 0.1) is 0 Å². The Labute approximate surface area is 83.2 Å². The van der Waals surface area contributed by atoms with E-state index in [0.29, 0.717) is 18.8 Å². The van der Waals surface area contributed by atoms with Crippen molar-refractivity contribution in [2.45, 2.75) is 6.92 Å². The predicted molar refractivity (Wildman–Crippen MR) is 54.7 cm³/mol. The molecule has 0 aliphatic rings. The van der Waals surface area contributed by atoms with Gasteiger partial charge in [0.2, 0.25) is 11.8 Å². The van der Waals surface area contributed by atoms with Crippen LogP contribution in [0, 0.1) is 0 Å². The molecule has 13 heavy (non-hydrogen) atoms. The Morgan fingerprint density at radius 1 is 1.23 bits per heavy atom. The minimum Gasteiger partial charge on any atom is -0.353 e. The first-order valence-corrected chi connectivity index (χ1v) is 4.68. The van der Waals surface area contributed by atoms with Crippen molar-refractivity contribution in [3.63, 3.8) is 0 Å². The van der Waals surface area contributed by atoms with Gasteiger partial charge in [-0.15, -0.1) is 0 Å². The van der Waals surface area contributed by atoms with Crippen LogP contribution in [0.2, 0.25) is 0 Å². The van der Waals surface area contributed by atoms with Crippen molar-refractivity contribution in [3.05, 3.63) is 12.2 Å². The average molecular weight is 202 g/mol. The molecule has 0 spiro atoms. The van der Waals surface area contributed by atoms with Crippen molar-refractivity contribution >= 4 is 24.4 Å². The van der Waals surface area contributed by atoms with Gasteiger partial charge in [0.25, 0.3) is 0 Å². The summed E-state index contributed by atoms with van der Waals surface area (Å²) in [5.74, 6) is 0.0459. The Morgan fingerprint density at radius 3 is 2.23 bits per heavy atom. The first-order chi connectivity index (χ1) is 6.20. The topological polar surface area (TPSA) is 58.2 Å². The molecule has 0 saturated heterocycles. The Morgan fingerprint density at radius 2 is 1.77 bits per heavy atom. The van der Waals surface area contributed by atoms with E-state index in [0.717, 1.165) is 0 Å². The molecular formula is C8H14N2O2S. The van der Waals surface area contributed by atoms with Crippen LogP contribution in [0.5, 0.6) is 0 Å². The molecule has 0 unspecified atom stereocenters. The minimum atomic E-state index is -0.277. The standard InChI is InChI=1S/C8H14N2O2S/c1-2-9-7(11)3-4-8(12)10-5-6-13/h3-4,13H,2,5-6H2,1H3,(H,9,11)(H,10,12). The van der Waals surface area contributed by atoms with Gasteiger partial charge in [0, 0.05) is 31.0 Å². The van der Waals surface area contributed by atoms with Crippen LogP contribution >= 0.6 is 12.6 Å². The lowest BCUT2D eigenvalue weighted by Gasteiger charge is -1.97. The Bertz CT molecular complexity index is 204. The molecule has 2 amide bonds. The molecule has 0 rings (SSSR count). The van der Waals surface area contributed by atoms with E-state index < -0.39 is 0 Å². The molecule has 4 nitrogen and oxygen atoms in total. The number of hydrogen-bond acceptors (Lipinski definition) is 3. The minimum absolute atomic E-state index is 0.261. The van der Waals surface area contributed by atoms with Gasteiger partial charge in [-0.2, -0.15) is 12.6 Å². The summed E-state index contributed by atoms with van der Waals surface area (Å²) in [6.07, 6.45) is 2.41. The van der Waals surface area contributed by atoms with Crippen LogP contribution in [0.4, 0.5) is 0 Å². The number of amides is 2. The first-order valence-electron chi connectivity index (χ1n) is 4.05. The lowest BCUT2D eigenvalue weighted by molar-refractivity contribution is -0.118. The Hall–Kier alpha value is -0.970. The zero-order valence-electron chi connectivity index (χ0n) is 7.54. The van der Waals surface area contributed by atoms with Crippen molar-refractivity contribution in [1.82, 2.24) is 10.6 Å². The highest BCUT2D eigenvalue weighted by Gasteiger charge is 1.95. The molecule has 0 aromatic heterocycles. The maximum atomic E-state index is 10.9. The van der Waals surface area contributed by atoms with Crippen LogP contribution in [0.3, 0.4) is 0 Å². The fourth-order valence-electron chi connectivity index (χ4n) is 0.623. The van der Waals surface area contributed by atoms with Crippen molar-refractivity contribution < 1.29 is 9.59 Å². The monoisotopic (exact) mass is 202 g/mol. The zero-order valence-corrected chi connectivity index (χ0v) is 8.43. The maximum Gasteiger partial charge on any atom is 0.244 e. The summed E-state index contributed by atoms with van der Waals surface area (Å²) in [6.45, 7) is 2.87. The molecule has 5 heteroatoms. The molecule has 0 aromatic carbocycles. The summed E-state index contributed by atoms with van der Waals surface area (Å²) >= 11 is 3.92. The molecular weight excluding hydrogens is 188 g/mol. The lowest BCUT2D eigenvalue weighted by Crippen LogP contribution is -2.25. The second-order valence-electron chi connectivity index (χ2n) is 2.24. The number of carbonyl (C=O) groups excluding carboxylic acids is 2. The Kier molecular flexibility index (Phi) is 7.10. The summed E-state index contributed by atoms with van der Waals surface area (Å²) < 4.78 is 0. The first kappa shape index (κ1) is 12.0. The highest BCUT2D eigenvalue weighted by atomic mass is 32.1. The molecule has 0 aliphatic heterocycles. The maximum absolute atomic E-state index is 10.9. The summed E-state index contributed by atoms with van der Waals surface area (Å²) in [7, 11) is 0. The molecule has 0 aromatic rings. The summed E-state index contributed by atoms with van der Waals surface area (Å²) in [4.78, 5) is 21.7. The van der Waals surface area contributed by atoms with E-state index >= 15 is 0 Å². The summed E-state index contributed by atoms with van der Waals surface area (Å²) in [6, 6.07) is 0. The van der Waals surface area contributed by atoms with Crippen molar-refractivity contribution in [2.75, 3.05) is 18.8 Å². The third-order valence-electron chi connectivity index (χ3n) is 1.15. The van der Waals surface area contributed by atoms with Gasteiger partial charge in [-0.05, 0) is 6.92 Å². The second-order valence-corrected chi connectivity index (χ2v) is 2.69. The summed E-state index contributed by atoms with van der Waals surface area (Å²) in [5, 5.41) is 5.08. The van der Waals surface area contributed by atoms with Crippen LogP contribution in [0.25, 0.3) is 0 Å². The molecule has 0 atom stereocenters. The van der Waals surface area contributed by atoms with E-state index in [9.17, 15) is 9.59 Å². The fourth-order valence-corrected chi connectivity index (χ4v) is 0.734. The van der Waals surface area contributed by atoms with Gasteiger partial charge in [-0.3, -0.25) is 9.59 Å². The van der Waals surface area contributed by atoms with Crippen LogP contribution in [0.1, 0.15) is 6.92 Å². The quantitative estimate of drug-likeness (QED) is 0.424. The van der Waals surface area contributed by atoms with Crippen LogP contribution in [-0.4, -0.2) is 30.7 Å². The van der Waals surface area contributed by atoms with Crippen molar-refractivity contribution in [2.24, 2.45) is 0 Å². The van der Waals surface area contributed by atoms with Gasteiger partial charge in [-0.25, -0.2) is 0 Å². The number of carbonyl (C=O) groups is 2. The van der Waals surface area contributed by atoms with Gasteiger partial charge >= 0.3 is 0 Å². The van der Waals surface area contributed by atoms with Gasteiger partial charge < -0.3 is 10.6 Å². The molecule has 0 aliphatic carbocycles. The largest absolute Gasteiger partial charge is 0.353 e. The molecule has 0 saturated carbocycles. The van der Waals surface area contributed by atoms with Crippen LogP contribution in [-0.2, 0) is 9.59 Å². The summed E-state index contributed by atoms with van der Waals surface area (Å²) in [5.41, 5.74) is 0. The van der Waals surface area contributed by atoms with Crippen LogP contribution in [0.15, 0.2) is 12.2 Å². The van der Waals surface area contributed by atoms with E-state index in [1.807, 2.05) is 6.92 Å². The highest BCUT2D eigenvalue weighted by Crippen LogP contribution is 1.76. The molecule has 0 radical (unpaired) electrons. The third kappa shape index (κ3) is 7.39. The number of likely N-dealkylation sites (N-methyl/N-ethyl adjacent to an activating group) is 1. The molecule has 2 N–H and O–H groups in total. The average Bonchev–Trinajstić information content (AvgIpc) is 2.12. The number of nitrogens with one attached hydrogen (secondary N) is 2. The van der Waals surface area contributed by atoms with E-state index in [1.54, 1.807) is 0 Å². The van der Waals surface area contributed by atoms with Gasteiger partial charge in [0.1, 0.15) is 0 Å². The van der Waals surface area contributed by atoms with Gasteiger partial charge in [-0.1, -0.05) is 0 Å². The SMILES string of the molecule is CCNC(=O)C=CC(=O)NCCS. The second kappa shape index (κ2) is 7.67. The lowest BCUT2D eigenvalue weighted by atomic mass is 10.4. The van der Waals surface area contributed by atoms with E-state index in [4.69, 9.17) is 0 Å². The molecule has 0 bridgehead atoms. The number of hydrogen-bond donors (Lipinski definition) is 3. The highest BCUT2D eigenvalue weighted by molar-refractivity contribution is 7.80. The normalized spacial score (nSPS) is 10.0. The van der Waals surface area contributed by atoms with E-state index in [-0.39, 0.29) is 11.8 Å². The smallest absolute Gasteiger partial charge is 0.244 e. The Balaban J connectivity index is 3.69. The molecule has 0 heterocycles. The zero-order chi connectivity index (χ0) is 10.1. The fraction of sp³-hybridized carbons (Fsp3) is 0.500. The van der Waals surface area contributed by atoms with Crippen LogP contribution < -0.4 is 10.6 Å². The van der Waals surface area contributed by atoms with E-state index in [1.165, 1.54) is 12.2 Å². The van der Waals surface area contributed by atoms with Gasteiger partial charge in [0.15, 0.2) is 0 Å². The predicted octanol–water partition coefficient (Wildman–Crippen LogP) is -0.275. The molecule has 0 fully saturated rings. The van der Waals surface area contributed by atoms with Crippen molar-refractivity contribution in [1.29, 1.82) is 0 Å². The number of thiol groups is 1.